The molecular weight excluding hydrogens is 396 g/mol. The van der Waals surface area contributed by atoms with Crippen LogP contribution in [-0.2, 0) is 12.0 Å². The largest absolute Gasteiger partial charge is 0.489 e. The standard InChI is InChI=1S/C26H23ClO3/c1-26(2,3)19-10-8-17(9-11-19)14-24-25(28)21-13-12-20(15-23(21)30-24)29-16-18-6-4-5-7-22(18)27/h4-15H,16H2,1-3H3/b24-14-. The summed E-state index contributed by atoms with van der Waals surface area (Å²) in [6.07, 6.45) is 1.78. The average molecular weight is 419 g/mol. The number of carbonyl (C=O) groups excluding carboxylic acids is 1. The topological polar surface area (TPSA) is 35.5 Å². The highest BCUT2D eigenvalue weighted by molar-refractivity contribution is 6.31. The Labute approximate surface area is 181 Å². The van der Waals surface area contributed by atoms with Crippen molar-refractivity contribution in [3.05, 3.63) is 99.8 Å². The van der Waals surface area contributed by atoms with Crippen LogP contribution < -0.4 is 9.47 Å². The van der Waals surface area contributed by atoms with Gasteiger partial charge in [0.25, 0.3) is 0 Å². The molecule has 0 aliphatic carbocycles. The molecule has 0 fully saturated rings. The van der Waals surface area contributed by atoms with E-state index >= 15 is 0 Å². The molecule has 4 heteroatoms. The minimum atomic E-state index is -0.123. The SMILES string of the molecule is CC(C)(C)c1ccc(/C=C2\Oc3cc(OCc4ccccc4Cl)ccc3C2=O)cc1. The van der Waals surface area contributed by atoms with Gasteiger partial charge in [-0.25, -0.2) is 0 Å². The van der Waals surface area contributed by atoms with Crippen molar-refractivity contribution >= 4 is 23.5 Å². The first-order valence-corrected chi connectivity index (χ1v) is 10.2. The molecule has 3 aromatic carbocycles. The number of carbonyl (C=O) groups is 1. The summed E-state index contributed by atoms with van der Waals surface area (Å²) in [5.74, 6) is 1.32. The van der Waals surface area contributed by atoms with Crippen LogP contribution in [0.2, 0.25) is 5.02 Å². The lowest BCUT2D eigenvalue weighted by atomic mass is 9.86. The van der Waals surface area contributed by atoms with E-state index in [0.29, 0.717) is 34.5 Å². The van der Waals surface area contributed by atoms with Gasteiger partial charge >= 0.3 is 0 Å². The molecule has 0 atom stereocenters. The molecule has 0 bridgehead atoms. The van der Waals surface area contributed by atoms with Crippen LogP contribution >= 0.6 is 11.6 Å². The summed E-state index contributed by atoms with van der Waals surface area (Å²) in [6.45, 7) is 6.86. The third kappa shape index (κ3) is 4.27. The van der Waals surface area contributed by atoms with Gasteiger partial charge in [0.2, 0.25) is 5.78 Å². The summed E-state index contributed by atoms with van der Waals surface area (Å²) >= 11 is 6.18. The predicted molar refractivity (Wildman–Crippen MR) is 120 cm³/mol. The molecule has 4 rings (SSSR count). The maximum Gasteiger partial charge on any atom is 0.231 e. The Morgan fingerprint density at radius 2 is 1.73 bits per heavy atom. The van der Waals surface area contributed by atoms with E-state index in [2.05, 4.69) is 32.9 Å². The van der Waals surface area contributed by atoms with Crippen molar-refractivity contribution in [3.8, 4) is 11.5 Å². The summed E-state index contributed by atoms with van der Waals surface area (Å²) in [5.41, 5.74) is 3.69. The minimum absolute atomic E-state index is 0.0853. The van der Waals surface area contributed by atoms with Gasteiger partial charge in [-0.1, -0.05) is 74.8 Å². The second-order valence-corrected chi connectivity index (χ2v) is 8.76. The molecule has 3 nitrogen and oxygen atoms in total. The van der Waals surface area contributed by atoms with Gasteiger partial charge in [-0.3, -0.25) is 4.79 Å². The molecule has 1 aliphatic rings. The number of hydrogen-bond acceptors (Lipinski definition) is 3. The van der Waals surface area contributed by atoms with Crippen LogP contribution in [0.25, 0.3) is 6.08 Å². The summed E-state index contributed by atoms with van der Waals surface area (Å²) in [4.78, 5) is 12.7. The van der Waals surface area contributed by atoms with Gasteiger partial charge in [0.05, 0.1) is 5.56 Å². The van der Waals surface area contributed by atoms with E-state index in [0.717, 1.165) is 11.1 Å². The maximum absolute atomic E-state index is 12.7. The first-order chi connectivity index (χ1) is 14.3. The van der Waals surface area contributed by atoms with Crippen molar-refractivity contribution in [1.82, 2.24) is 0 Å². The van der Waals surface area contributed by atoms with Crippen LogP contribution in [0.4, 0.5) is 0 Å². The van der Waals surface area contributed by atoms with E-state index in [1.807, 2.05) is 36.4 Å². The Morgan fingerprint density at radius 1 is 1.00 bits per heavy atom. The molecule has 3 aromatic rings. The Morgan fingerprint density at radius 3 is 2.43 bits per heavy atom. The van der Waals surface area contributed by atoms with E-state index in [-0.39, 0.29) is 11.2 Å². The lowest BCUT2D eigenvalue weighted by molar-refractivity contribution is 0.101. The number of hydrogen-bond donors (Lipinski definition) is 0. The Bertz CT molecular complexity index is 1120. The number of rotatable bonds is 4. The molecule has 30 heavy (non-hydrogen) atoms. The zero-order valence-corrected chi connectivity index (χ0v) is 18.0. The first-order valence-electron chi connectivity index (χ1n) is 9.86. The van der Waals surface area contributed by atoms with E-state index in [4.69, 9.17) is 21.1 Å². The van der Waals surface area contributed by atoms with Gasteiger partial charge in [-0.2, -0.15) is 0 Å². The number of ether oxygens (including phenoxy) is 2. The van der Waals surface area contributed by atoms with Crippen LogP contribution in [0.3, 0.4) is 0 Å². The van der Waals surface area contributed by atoms with E-state index < -0.39 is 0 Å². The normalized spacial score (nSPS) is 14.5. The molecule has 0 unspecified atom stereocenters. The van der Waals surface area contributed by atoms with Gasteiger partial charge < -0.3 is 9.47 Å². The summed E-state index contributed by atoms with van der Waals surface area (Å²) < 4.78 is 11.7. The molecule has 0 saturated heterocycles. The number of ketones is 1. The molecule has 0 spiro atoms. The number of halogens is 1. The van der Waals surface area contributed by atoms with Crippen LogP contribution in [0.1, 0.15) is 47.8 Å². The lowest BCUT2D eigenvalue weighted by Crippen LogP contribution is -2.10. The Balaban J connectivity index is 1.50. The third-order valence-corrected chi connectivity index (χ3v) is 5.44. The van der Waals surface area contributed by atoms with Crippen molar-refractivity contribution in [2.45, 2.75) is 32.8 Å². The predicted octanol–water partition coefficient (Wildman–Crippen LogP) is 6.83. The molecular formula is C26H23ClO3. The van der Waals surface area contributed by atoms with Crippen LogP contribution in [0, 0.1) is 0 Å². The van der Waals surface area contributed by atoms with Crippen molar-refractivity contribution in [2.24, 2.45) is 0 Å². The second kappa shape index (κ2) is 8.00. The van der Waals surface area contributed by atoms with Gasteiger partial charge in [0, 0.05) is 16.7 Å². The Hall–Kier alpha value is -3.04. The molecule has 0 saturated carbocycles. The molecule has 0 N–H and O–H groups in total. The van der Waals surface area contributed by atoms with Gasteiger partial charge in [-0.15, -0.1) is 0 Å². The van der Waals surface area contributed by atoms with Crippen molar-refractivity contribution in [3.63, 3.8) is 0 Å². The monoisotopic (exact) mass is 418 g/mol. The summed E-state index contributed by atoms with van der Waals surface area (Å²) in [7, 11) is 0. The van der Waals surface area contributed by atoms with Gasteiger partial charge in [0.15, 0.2) is 5.76 Å². The second-order valence-electron chi connectivity index (χ2n) is 8.35. The summed E-state index contributed by atoms with van der Waals surface area (Å²) in [6, 6.07) is 21.0. The van der Waals surface area contributed by atoms with Crippen LogP contribution in [0.15, 0.2) is 72.5 Å². The fourth-order valence-corrected chi connectivity index (χ4v) is 3.45. The number of allylic oxidation sites excluding steroid dienone is 1. The van der Waals surface area contributed by atoms with E-state index in [9.17, 15) is 4.79 Å². The van der Waals surface area contributed by atoms with Crippen LogP contribution in [0.5, 0.6) is 11.5 Å². The van der Waals surface area contributed by atoms with Crippen molar-refractivity contribution in [1.29, 1.82) is 0 Å². The smallest absolute Gasteiger partial charge is 0.231 e. The van der Waals surface area contributed by atoms with E-state index in [1.54, 1.807) is 24.3 Å². The highest BCUT2D eigenvalue weighted by Gasteiger charge is 2.27. The van der Waals surface area contributed by atoms with Crippen molar-refractivity contribution in [2.75, 3.05) is 0 Å². The van der Waals surface area contributed by atoms with Gasteiger partial charge in [0.1, 0.15) is 18.1 Å². The molecule has 152 valence electrons. The highest BCUT2D eigenvalue weighted by atomic mass is 35.5. The molecule has 1 heterocycles. The molecule has 1 aliphatic heterocycles. The van der Waals surface area contributed by atoms with Crippen molar-refractivity contribution < 1.29 is 14.3 Å². The number of Topliss-reactive ketones (excluding diaryl/α,β-unsaturated/α-hetero) is 1. The minimum Gasteiger partial charge on any atom is -0.489 e. The third-order valence-electron chi connectivity index (χ3n) is 5.07. The quantitative estimate of drug-likeness (QED) is 0.435. The fourth-order valence-electron chi connectivity index (χ4n) is 3.26. The number of fused-ring (bicyclic) bond motifs is 1. The average Bonchev–Trinajstić information content (AvgIpc) is 3.02. The molecule has 0 aromatic heterocycles. The zero-order valence-electron chi connectivity index (χ0n) is 17.2. The summed E-state index contributed by atoms with van der Waals surface area (Å²) in [5, 5.41) is 0.660. The number of benzene rings is 3. The van der Waals surface area contributed by atoms with Gasteiger partial charge in [-0.05, 0) is 40.8 Å². The first kappa shape index (κ1) is 20.2. The maximum atomic E-state index is 12.7. The molecule has 0 radical (unpaired) electrons. The highest BCUT2D eigenvalue weighted by Crippen LogP contribution is 2.35. The van der Waals surface area contributed by atoms with E-state index in [1.165, 1.54) is 5.56 Å². The molecule has 0 amide bonds. The fraction of sp³-hybridized carbons (Fsp3) is 0.192. The Kier molecular flexibility index (Phi) is 5.40. The zero-order chi connectivity index (χ0) is 21.3. The van der Waals surface area contributed by atoms with Crippen LogP contribution in [-0.4, -0.2) is 5.78 Å². The lowest BCUT2D eigenvalue weighted by Gasteiger charge is -2.18.